The van der Waals surface area contributed by atoms with E-state index in [9.17, 15) is 15.2 Å². The van der Waals surface area contributed by atoms with E-state index in [-0.39, 0.29) is 17.6 Å². The molecule has 1 amide bonds. The molecule has 2 N–H and O–H groups in total. The molecule has 1 atom stereocenters. The quantitative estimate of drug-likeness (QED) is 0.857. The number of hydrogen-bond acceptors (Lipinski definition) is 5. The summed E-state index contributed by atoms with van der Waals surface area (Å²) < 4.78 is 0. The van der Waals surface area contributed by atoms with Gasteiger partial charge in [-0.3, -0.25) is 9.69 Å². The highest BCUT2D eigenvalue weighted by atomic mass is 16.3. The van der Waals surface area contributed by atoms with Crippen LogP contribution in [0.2, 0.25) is 0 Å². The minimum atomic E-state index is -0.828. The molecule has 0 spiro atoms. The van der Waals surface area contributed by atoms with Crippen LogP contribution in [0.4, 0.5) is 5.69 Å². The van der Waals surface area contributed by atoms with Crippen LogP contribution in [0.15, 0.2) is 24.3 Å². The number of anilines is 1. The van der Waals surface area contributed by atoms with Crippen LogP contribution in [0, 0.1) is 17.2 Å². The predicted molar refractivity (Wildman–Crippen MR) is 93.8 cm³/mol. The van der Waals surface area contributed by atoms with E-state index < -0.39 is 5.54 Å². The number of aromatic hydroxyl groups is 1. The molecule has 1 aliphatic rings. The Labute approximate surface area is 143 Å². The van der Waals surface area contributed by atoms with Crippen molar-refractivity contribution in [3.8, 4) is 11.8 Å². The fraction of sp³-hybridized carbons (Fsp3) is 0.556. The number of hydrogen-bond donors (Lipinski definition) is 2. The van der Waals surface area contributed by atoms with E-state index in [1.54, 1.807) is 19.1 Å². The van der Waals surface area contributed by atoms with Gasteiger partial charge in [0, 0.05) is 31.9 Å². The number of phenolic OH excluding ortho intramolecular Hbond substituents is 1. The normalized spacial score (nSPS) is 18.0. The van der Waals surface area contributed by atoms with Gasteiger partial charge in [0.1, 0.15) is 11.3 Å². The highest BCUT2D eigenvalue weighted by Gasteiger charge is 2.30. The van der Waals surface area contributed by atoms with E-state index in [4.69, 9.17) is 0 Å². The molecule has 1 aromatic carbocycles. The molecule has 1 aromatic rings. The lowest BCUT2D eigenvalue weighted by molar-refractivity contribution is -0.124. The molecule has 1 saturated heterocycles. The second-order valence-corrected chi connectivity index (χ2v) is 6.80. The van der Waals surface area contributed by atoms with Crippen LogP contribution < -0.4 is 10.2 Å². The van der Waals surface area contributed by atoms with Crippen molar-refractivity contribution < 1.29 is 9.90 Å². The summed E-state index contributed by atoms with van der Waals surface area (Å²) in [6, 6.07) is 9.37. The van der Waals surface area contributed by atoms with E-state index >= 15 is 0 Å². The van der Waals surface area contributed by atoms with E-state index in [0.29, 0.717) is 6.54 Å². The van der Waals surface area contributed by atoms with Crippen molar-refractivity contribution in [2.45, 2.75) is 26.3 Å². The van der Waals surface area contributed by atoms with Gasteiger partial charge < -0.3 is 15.3 Å². The van der Waals surface area contributed by atoms with Gasteiger partial charge in [0.15, 0.2) is 0 Å². The summed E-state index contributed by atoms with van der Waals surface area (Å²) in [5, 5.41) is 21.5. The van der Waals surface area contributed by atoms with E-state index in [2.05, 4.69) is 21.2 Å². The third-order valence-electron chi connectivity index (χ3n) is 4.74. The number of carbonyl (C=O) groups excluding carboxylic acids is 1. The first-order chi connectivity index (χ1) is 11.3. The van der Waals surface area contributed by atoms with Crippen LogP contribution in [-0.4, -0.2) is 54.2 Å². The molecule has 0 bridgehead atoms. The Morgan fingerprint density at radius 3 is 2.38 bits per heavy atom. The second-order valence-electron chi connectivity index (χ2n) is 6.80. The third kappa shape index (κ3) is 4.39. The Morgan fingerprint density at radius 1 is 1.29 bits per heavy atom. The number of piperazine rings is 1. The Kier molecular flexibility index (Phi) is 5.68. The van der Waals surface area contributed by atoms with Gasteiger partial charge in [0.2, 0.25) is 5.91 Å². The molecule has 2 rings (SSSR count). The van der Waals surface area contributed by atoms with Gasteiger partial charge in [-0.15, -0.1) is 0 Å². The summed E-state index contributed by atoms with van der Waals surface area (Å²) in [5.41, 5.74) is 0.249. The number of nitrogens with zero attached hydrogens (tertiary/aromatic N) is 3. The van der Waals surface area contributed by atoms with E-state index in [0.717, 1.165) is 31.9 Å². The molecule has 1 fully saturated rings. The van der Waals surface area contributed by atoms with Gasteiger partial charge in [-0.1, -0.05) is 13.8 Å². The van der Waals surface area contributed by atoms with Crippen LogP contribution >= 0.6 is 0 Å². The number of benzene rings is 1. The fourth-order valence-electron chi connectivity index (χ4n) is 2.66. The van der Waals surface area contributed by atoms with Crippen molar-refractivity contribution in [1.82, 2.24) is 10.2 Å². The maximum Gasteiger partial charge on any atom is 0.235 e. The van der Waals surface area contributed by atoms with Gasteiger partial charge in [0.05, 0.1) is 12.6 Å². The molecule has 6 heteroatoms. The fourth-order valence-corrected chi connectivity index (χ4v) is 2.66. The van der Waals surface area contributed by atoms with Crippen molar-refractivity contribution >= 4 is 11.6 Å². The second kappa shape index (κ2) is 7.54. The summed E-state index contributed by atoms with van der Waals surface area (Å²) in [6.45, 7) is 9.18. The smallest absolute Gasteiger partial charge is 0.235 e. The summed E-state index contributed by atoms with van der Waals surface area (Å²) in [5.74, 6) is 0.211. The number of nitrogens with one attached hydrogen (secondary N) is 1. The number of phenols is 1. The van der Waals surface area contributed by atoms with Crippen molar-refractivity contribution in [2.75, 3.05) is 37.6 Å². The third-order valence-corrected chi connectivity index (χ3v) is 4.74. The summed E-state index contributed by atoms with van der Waals surface area (Å²) in [6.07, 6.45) is 0. The monoisotopic (exact) mass is 330 g/mol. The first kappa shape index (κ1) is 18.1. The Morgan fingerprint density at radius 2 is 1.88 bits per heavy atom. The van der Waals surface area contributed by atoms with Gasteiger partial charge in [-0.2, -0.15) is 5.26 Å². The molecule has 6 nitrogen and oxygen atoms in total. The maximum atomic E-state index is 12.2. The van der Waals surface area contributed by atoms with Crippen molar-refractivity contribution in [3.63, 3.8) is 0 Å². The summed E-state index contributed by atoms with van der Waals surface area (Å²) in [4.78, 5) is 16.6. The topological polar surface area (TPSA) is 79.6 Å². The highest BCUT2D eigenvalue weighted by molar-refractivity contribution is 5.79. The number of rotatable bonds is 5. The number of nitriles is 1. The molecule has 130 valence electrons. The molecular weight excluding hydrogens is 304 g/mol. The van der Waals surface area contributed by atoms with Gasteiger partial charge in [-0.05, 0) is 37.1 Å². The standard InChI is InChI=1S/C18H26N4O2/c1-14(2)18(3,13-19)20-17(24)12-21-8-10-22(11-9-21)15-4-6-16(23)7-5-15/h4-7,14,23H,8-12H2,1-3H3,(H,20,24)/t18-/m1/s1. The van der Waals surface area contributed by atoms with Crippen LogP contribution in [0.1, 0.15) is 20.8 Å². The average Bonchev–Trinajstić information content (AvgIpc) is 2.56. The van der Waals surface area contributed by atoms with Crippen molar-refractivity contribution in [2.24, 2.45) is 5.92 Å². The average molecular weight is 330 g/mol. The lowest BCUT2D eigenvalue weighted by Crippen LogP contribution is -2.54. The summed E-state index contributed by atoms with van der Waals surface area (Å²) >= 11 is 0. The minimum absolute atomic E-state index is 0.0535. The van der Waals surface area contributed by atoms with Gasteiger partial charge >= 0.3 is 0 Å². The molecule has 0 aliphatic carbocycles. The zero-order valence-corrected chi connectivity index (χ0v) is 14.6. The van der Waals surface area contributed by atoms with Crippen LogP contribution in [0.3, 0.4) is 0 Å². The predicted octanol–water partition coefficient (Wildman–Crippen LogP) is 1.57. The van der Waals surface area contributed by atoms with Crippen molar-refractivity contribution in [3.05, 3.63) is 24.3 Å². The molecule has 0 unspecified atom stereocenters. The zero-order valence-electron chi connectivity index (χ0n) is 14.6. The lowest BCUT2D eigenvalue weighted by Gasteiger charge is -2.36. The SMILES string of the molecule is CC(C)[C@@](C)(C#N)NC(=O)CN1CCN(c2ccc(O)cc2)CC1. The number of amides is 1. The zero-order chi connectivity index (χ0) is 17.7. The molecule has 24 heavy (non-hydrogen) atoms. The number of carbonyl (C=O) groups is 1. The van der Waals surface area contributed by atoms with Crippen LogP contribution in [-0.2, 0) is 4.79 Å². The Hall–Kier alpha value is -2.26. The molecule has 1 heterocycles. The Balaban J connectivity index is 1.83. The molecule has 0 saturated carbocycles. The highest BCUT2D eigenvalue weighted by Crippen LogP contribution is 2.20. The Bertz CT molecular complexity index is 600. The summed E-state index contributed by atoms with van der Waals surface area (Å²) in [7, 11) is 0. The first-order valence-corrected chi connectivity index (χ1v) is 8.32. The van der Waals surface area contributed by atoms with Gasteiger partial charge in [0.25, 0.3) is 0 Å². The van der Waals surface area contributed by atoms with E-state index in [1.165, 1.54) is 0 Å². The largest absolute Gasteiger partial charge is 0.508 e. The molecular formula is C18H26N4O2. The molecule has 0 radical (unpaired) electrons. The van der Waals surface area contributed by atoms with Gasteiger partial charge in [-0.25, -0.2) is 0 Å². The molecule has 1 aliphatic heterocycles. The lowest BCUT2D eigenvalue weighted by atomic mass is 9.90. The first-order valence-electron chi connectivity index (χ1n) is 8.32. The van der Waals surface area contributed by atoms with Crippen molar-refractivity contribution in [1.29, 1.82) is 5.26 Å². The maximum absolute atomic E-state index is 12.2. The van der Waals surface area contributed by atoms with Crippen LogP contribution in [0.5, 0.6) is 5.75 Å². The molecule has 0 aromatic heterocycles. The van der Waals surface area contributed by atoms with E-state index in [1.807, 2.05) is 26.0 Å². The minimum Gasteiger partial charge on any atom is -0.508 e. The van der Waals surface area contributed by atoms with Crippen LogP contribution in [0.25, 0.3) is 0 Å².